The maximum atomic E-state index is 11.7. The Morgan fingerprint density at radius 2 is 1.15 bits per heavy atom. The monoisotopic (exact) mass is 270 g/mol. The Balaban J connectivity index is 1.98. The van der Waals surface area contributed by atoms with E-state index < -0.39 is 11.9 Å². The van der Waals surface area contributed by atoms with Crippen LogP contribution in [0.3, 0.4) is 0 Å². The van der Waals surface area contributed by atoms with Crippen LogP contribution in [-0.4, -0.2) is 11.9 Å². The fourth-order valence-corrected chi connectivity index (χ4v) is 1.72. The summed E-state index contributed by atoms with van der Waals surface area (Å²) in [4.78, 5) is 32.5. The largest absolute Gasteiger partial charge is 0.386 e. The fraction of sp³-hybridized carbons (Fsp3) is 0.125. The molecule has 2 aromatic rings. The van der Waals surface area contributed by atoms with Gasteiger partial charge in [0.05, 0.1) is 11.1 Å². The van der Waals surface area contributed by atoms with Crippen LogP contribution in [0.4, 0.5) is 0 Å². The van der Waals surface area contributed by atoms with E-state index in [0.29, 0.717) is 11.1 Å². The average Bonchev–Trinajstić information content (AvgIpc) is 2.44. The zero-order chi connectivity index (χ0) is 14.5. The van der Waals surface area contributed by atoms with Gasteiger partial charge in [-0.1, -0.05) is 35.4 Å². The van der Waals surface area contributed by atoms with Crippen LogP contribution in [0.1, 0.15) is 31.8 Å². The first-order valence-corrected chi connectivity index (χ1v) is 6.13. The second-order valence-corrected chi connectivity index (χ2v) is 4.48. The molecule has 0 unspecified atom stereocenters. The van der Waals surface area contributed by atoms with E-state index in [1.807, 2.05) is 26.0 Å². The van der Waals surface area contributed by atoms with Crippen LogP contribution in [0.25, 0.3) is 0 Å². The molecule has 0 fully saturated rings. The molecule has 4 heteroatoms. The Labute approximate surface area is 116 Å². The van der Waals surface area contributed by atoms with Crippen molar-refractivity contribution in [3.8, 4) is 0 Å². The summed E-state index contributed by atoms with van der Waals surface area (Å²) in [5, 5.41) is 0. The Morgan fingerprint density at radius 3 is 1.50 bits per heavy atom. The van der Waals surface area contributed by atoms with Gasteiger partial charge >= 0.3 is 11.9 Å². The molecule has 0 radical (unpaired) electrons. The minimum Gasteiger partial charge on any atom is -0.242 e. The summed E-state index contributed by atoms with van der Waals surface area (Å²) in [6.07, 6.45) is 0. The smallest absolute Gasteiger partial charge is 0.242 e. The number of aryl methyl sites for hydroxylation is 2. The summed E-state index contributed by atoms with van der Waals surface area (Å²) in [5.74, 6) is -1.40. The van der Waals surface area contributed by atoms with E-state index in [1.165, 1.54) is 0 Å². The molecule has 0 aliphatic heterocycles. The van der Waals surface area contributed by atoms with Gasteiger partial charge in [-0.15, -0.1) is 0 Å². The third-order valence-electron chi connectivity index (χ3n) is 2.70. The molecule has 0 amide bonds. The number of benzene rings is 2. The normalized spacial score (nSPS) is 9.90. The van der Waals surface area contributed by atoms with E-state index in [9.17, 15) is 9.59 Å². The predicted octanol–water partition coefficient (Wildman–Crippen LogP) is 3.23. The van der Waals surface area contributed by atoms with Crippen LogP contribution in [0, 0.1) is 13.8 Å². The molecule has 0 N–H and O–H groups in total. The SMILES string of the molecule is Cc1cccc(C(=O)OOC(=O)c2cccc(C)c2)c1. The standard InChI is InChI=1S/C16H14O4/c1-11-5-3-7-13(9-11)15(17)19-20-16(18)14-8-4-6-12(2)10-14/h3-10H,1-2H3. The van der Waals surface area contributed by atoms with Crippen molar-refractivity contribution in [2.45, 2.75) is 13.8 Å². The minimum absolute atomic E-state index is 0.335. The third kappa shape index (κ3) is 3.45. The zero-order valence-electron chi connectivity index (χ0n) is 11.3. The first-order valence-electron chi connectivity index (χ1n) is 6.13. The lowest BCUT2D eigenvalue weighted by Crippen LogP contribution is -2.12. The molecule has 2 rings (SSSR count). The van der Waals surface area contributed by atoms with Gasteiger partial charge in [0.15, 0.2) is 0 Å². The molecular weight excluding hydrogens is 256 g/mol. The number of hydrogen-bond acceptors (Lipinski definition) is 4. The highest BCUT2D eigenvalue weighted by molar-refractivity contribution is 5.92. The number of carbonyl (C=O) groups is 2. The van der Waals surface area contributed by atoms with Crippen molar-refractivity contribution in [2.75, 3.05) is 0 Å². The molecule has 0 aromatic heterocycles. The number of hydrogen-bond donors (Lipinski definition) is 0. The molecule has 2 aromatic carbocycles. The molecule has 0 aliphatic carbocycles. The summed E-state index contributed by atoms with van der Waals surface area (Å²) >= 11 is 0. The highest BCUT2D eigenvalue weighted by Gasteiger charge is 2.14. The molecular formula is C16H14O4. The maximum absolute atomic E-state index is 11.7. The van der Waals surface area contributed by atoms with Crippen LogP contribution in [-0.2, 0) is 9.78 Å². The Kier molecular flexibility index (Phi) is 4.15. The molecule has 0 spiro atoms. The van der Waals surface area contributed by atoms with E-state index in [2.05, 4.69) is 9.78 Å². The summed E-state index contributed by atoms with van der Waals surface area (Å²) in [6.45, 7) is 3.71. The van der Waals surface area contributed by atoms with E-state index in [-0.39, 0.29) is 0 Å². The number of rotatable bonds is 2. The van der Waals surface area contributed by atoms with Gasteiger partial charge in [-0.05, 0) is 38.1 Å². The Hall–Kier alpha value is -2.62. The van der Waals surface area contributed by atoms with Crippen molar-refractivity contribution in [3.63, 3.8) is 0 Å². The van der Waals surface area contributed by atoms with Gasteiger partial charge in [-0.25, -0.2) is 19.4 Å². The molecule has 102 valence electrons. The van der Waals surface area contributed by atoms with Gasteiger partial charge < -0.3 is 0 Å². The molecule has 0 aliphatic rings. The molecule has 0 bridgehead atoms. The minimum atomic E-state index is -0.699. The van der Waals surface area contributed by atoms with Gasteiger partial charge in [0.2, 0.25) is 0 Å². The van der Waals surface area contributed by atoms with Crippen molar-refractivity contribution in [2.24, 2.45) is 0 Å². The molecule has 0 saturated carbocycles. The van der Waals surface area contributed by atoms with Crippen molar-refractivity contribution in [3.05, 3.63) is 70.8 Å². The molecule has 0 saturated heterocycles. The van der Waals surface area contributed by atoms with Crippen molar-refractivity contribution < 1.29 is 19.4 Å². The van der Waals surface area contributed by atoms with Gasteiger partial charge in [0.1, 0.15) is 0 Å². The topological polar surface area (TPSA) is 52.6 Å². The number of carbonyl (C=O) groups excluding carboxylic acids is 2. The van der Waals surface area contributed by atoms with E-state index in [0.717, 1.165) is 11.1 Å². The lowest BCUT2D eigenvalue weighted by molar-refractivity contribution is -0.187. The van der Waals surface area contributed by atoms with Gasteiger partial charge in [0.25, 0.3) is 0 Å². The highest BCUT2D eigenvalue weighted by Crippen LogP contribution is 2.09. The van der Waals surface area contributed by atoms with Crippen LogP contribution < -0.4 is 0 Å². The lowest BCUT2D eigenvalue weighted by Gasteiger charge is -2.04. The summed E-state index contributed by atoms with van der Waals surface area (Å²) in [7, 11) is 0. The average molecular weight is 270 g/mol. The third-order valence-corrected chi connectivity index (χ3v) is 2.70. The van der Waals surface area contributed by atoms with Crippen molar-refractivity contribution in [1.29, 1.82) is 0 Å². The lowest BCUT2D eigenvalue weighted by atomic mass is 10.1. The fourth-order valence-electron chi connectivity index (χ4n) is 1.72. The van der Waals surface area contributed by atoms with E-state index in [1.54, 1.807) is 36.4 Å². The first-order chi connectivity index (χ1) is 9.56. The van der Waals surface area contributed by atoms with Gasteiger partial charge in [-0.2, -0.15) is 0 Å². The maximum Gasteiger partial charge on any atom is 0.386 e. The second kappa shape index (κ2) is 6.02. The van der Waals surface area contributed by atoms with E-state index in [4.69, 9.17) is 0 Å². The second-order valence-electron chi connectivity index (χ2n) is 4.48. The van der Waals surface area contributed by atoms with E-state index >= 15 is 0 Å². The van der Waals surface area contributed by atoms with Crippen LogP contribution >= 0.6 is 0 Å². The summed E-state index contributed by atoms with van der Waals surface area (Å²) in [6, 6.07) is 13.7. The highest BCUT2D eigenvalue weighted by atomic mass is 17.2. The van der Waals surface area contributed by atoms with Crippen LogP contribution in [0.2, 0.25) is 0 Å². The summed E-state index contributed by atoms with van der Waals surface area (Å²) in [5.41, 5.74) is 2.51. The molecule has 0 atom stereocenters. The van der Waals surface area contributed by atoms with Crippen LogP contribution in [0.15, 0.2) is 48.5 Å². The van der Waals surface area contributed by atoms with Crippen LogP contribution in [0.5, 0.6) is 0 Å². The summed E-state index contributed by atoms with van der Waals surface area (Å²) < 4.78 is 0. The Bertz CT molecular complexity index is 589. The van der Waals surface area contributed by atoms with Crippen molar-refractivity contribution >= 4 is 11.9 Å². The van der Waals surface area contributed by atoms with Crippen molar-refractivity contribution in [1.82, 2.24) is 0 Å². The quantitative estimate of drug-likeness (QED) is 0.621. The molecule has 20 heavy (non-hydrogen) atoms. The molecule has 0 heterocycles. The van der Waals surface area contributed by atoms with Gasteiger partial charge in [0, 0.05) is 0 Å². The van der Waals surface area contributed by atoms with Gasteiger partial charge in [-0.3, -0.25) is 0 Å². The molecule has 4 nitrogen and oxygen atoms in total. The Morgan fingerprint density at radius 1 is 0.750 bits per heavy atom. The zero-order valence-corrected chi connectivity index (χ0v) is 11.3. The first kappa shape index (κ1) is 13.8. The predicted molar refractivity (Wildman–Crippen MR) is 73.2 cm³/mol.